The molecule has 1 N–H and O–H groups in total. The third kappa shape index (κ3) is 6.81. The first-order chi connectivity index (χ1) is 17.4. The number of nitrogens with zero attached hydrogens (tertiary/aromatic N) is 2. The molecular weight excluding hydrogens is 464 g/mol. The zero-order chi connectivity index (χ0) is 26.1. The fourth-order valence-electron chi connectivity index (χ4n) is 4.42. The molecule has 196 valence electrons. The van der Waals surface area contributed by atoms with E-state index in [9.17, 15) is 14.4 Å². The highest BCUT2D eigenvalue weighted by Crippen LogP contribution is 2.28. The third-order valence-electron chi connectivity index (χ3n) is 6.64. The lowest BCUT2D eigenvalue weighted by Crippen LogP contribution is -2.49. The standard InChI is InChI=1S/C27H36N2O7/c1-19-22(25(33)27(35-3)26(34-2)24(19)32)18-21-6-4-20(5-7-21)8-9-23(31)29-12-10-28(11-13-29)14-16-36-17-15-30/h4-7,30H,8-18H2,1-3H3. The fourth-order valence-corrected chi connectivity index (χ4v) is 4.42. The average Bonchev–Trinajstić information content (AvgIpc) is 2.90. The lowest BCUT2D eigenvalue weighted by Gasteiger charge is -2.34. The second-order valence-corrected chi connectivity index (χ2v) is 8.88. The van der Waals surface area contributed by atoms with Crippen LogP contribution in [0.3, 0.4) is 0 Å². The fraction of sp³-hybridized carbons (Fsp3) is 0.519. The van der Waals surface area contributed by atoms with Gasteiger partial charge in [0.1, 0.15) is 0 Å². The molecule has 1 aliphatic carbocycles. The van der Waals surface area contributed by atoms with Crippen molar-refractivity contribution in [2.75, 3.05) is 66.8 Å². The summed E-state index contributed by atoms with van der Waals surface area (Å²) in [6.45, 7) is 6.49. The summed E-state index contributed by atoms with van der Waals surface area (Å²) in [7, 11) is 2.70. The molecule has 3 rings (SSSR count). The molecule has 1 fully saturated rings. The van der Waals surface area contributed by atoms with E-state index in [-0.39, 0.29) is 35.6 Å². The minimum absolute atomic E-state index is 0.0336. The molecule has 1 aromatic carbocycles. The van der Waals surface area contributed by atoms with Crippen molar-refractivity contribution in [1.29, 1.82) is 0 Å². The smallest absolute Gasteiger partial charge is 0.228 e. The molecule has 36 heavy (non-hydrogen) atoms. The number of ether oxygens (including phenoxy) is 3. The summed E-state index contributed by atoms with van der Waals surface area (Å²) in [6, 6.07) is 7.78. The van der Waals surface area contributed by atoms with Crippen molar-refractivity contribution in [3.05, 3.63) is 58.1 Å². The van der Waals surface area contributed by atoms with Gasteiger partial charge in [0, 0.05) is 56.7 Å². The molecule has 1 saturated heterocycles. The molecule has 0 saturated carbocycles. The van der Waals surface area contributed by atoms with Crippen molar-refractivity contribution in [3.8, 4) is 0 Å². The largest absolute Gasteiger partial charge is 0.489 e. The van der Waals surface area contributed by atoms with Crippen molar-refractivity contribution in [1.82, 2.24) is 9.80 Å². The topological polar surface area (TPSA) is 106 Å². The predicted molar refractivity (Wildman–Crippen MR) is 133 cm³/mol. The lowest BCUT2D eigenvalue weighted by atomic mass is 9.88. The Morgan fingerprint density at radius 3 is 2.14 bits per heavy atom. The van der Waals surface area contributed by atoms with Crippen molar-refractivity contribution < 1.29 is 33.7 Å². The highest BCUT2D eigenvalue weighted by Gasteiger charge is 2.34. The number of amides is 1. The summed E-state index contributed by atoms with van der Waals surface area (Å²) in [5, 5.41) is 8.76. The maximum Gasteiger partial charge on any atom is 0.228 e. The van der Waals surface area contributed by atoms with Gasteiger partial charge in [-0.25, -0.2) is 0 Å². The number of carbonyl (C=O) groups is 3. The summed E-state index contributed by atoms with van der Waals surface area (Å²) in [5.41, 5.74) is 2.71. The Bertz CT molecular complexity index is 1010. The van der Waals surface area contributed by atoms with Gasteiger partial charge in [-0.15, -0.1) is 0 Å². The van der Waals surface area contributed by atoms with Crippen LogP contribution < -0.4 is 0 Å². The number of aliphatic hydroxyl groups is 1. The number of hydrogen-bond donors (Lipinski definition) is 1. The van der Waals surface area contributed by atoms with Gasteiger partial charge in [0.25, 0.3) is 0 Å². The molecule has 0 unspecified atom stereocenters. The molecule has 0 bridgehead atoms. The van der Waals surface area contributed by atoms with Crippen LogP contribution in [0.2, 0.25) is 0 Å². The molecule has 0 radical (unpaired) electrons. The van der Waals surface area contributed by atoms with E-state index in [2.05, 4.69) is 4.90 Å². The minimum atomic E-state index is -0.338. The monoisotopic (exact) mass is 500 g/mol. The number of rotatable bonds is 12. The number of carbonyl (C=O) groups excluding carboxylic acids is 3. The van der Waals surface area contributed by atoms with Crippen LogP contribution in [0.25, 0.3) is 0 Å². The second-order valence-electron chi connectivity index (χ2n) is 8.88. The van der Waals surface area contributed by atoms with Gasteiger partial charge in [-0.3, -0.25) is 19.3 Å². The van der Waals surface area contributed by atoms with Crippen LogP contribution >= 0.6 is 0 Å². The number of benzene rings is 1. The Balaban J connectivity index is 1.48. The molecule has 1 aliphatic heterocycles. The lowest BCUT2D eigenvalue weighted by molar-refractivity contribution is -0.133. The minimum Gasteiger partial charge on any atom is -0.489 e. The van der Waals surface area contributed by atoms with E-state index < -0.39 is 0 Å². The van der Waals surface area contributed by atoms with E-state index in [1.165, 1.54) is 14.2 Å². The van der Waals surface area contributed by atoms with Crippen LogP contribution in [0.15, 0.2) is 46.9 Å². The molecule has 9 nitrogen and oxygen atoms in total. The Hall–Kier alpha value is -3.01. The van der Waals surface area contributed by atoms with Gasteiger partial charge in [-0.2, -0.15) is 0 Å². The molecule has 0 aromatic heterocycles. The number of hydrogen-bond acceptors (Lipinski definition) is 8. The van der Waals surface area contributed by atoms with Gasteiger partial charge in [0.2, 0.25) is 29.0 Å². The maximum absolute atomic E-state index is 12.8. The molecule has 1 amide bonds. The third-order valence-corrected chi connectivity index (χ3v) is 6.64. The number of aryl methyl sites for hydroxylation is 1. The van der Waals surface area contributed by atoms with E-state index in [4.69, 9.17) is 19.3 Å². The number of methoxy groups -OCH3 is 2. The van der Waals surface area contributed by atoms with Gasteiger partial charge < -0.3 is 24.2 Å². The molecule has 0 spiro atoms. The number of allylic oxidation sites excluding steroid dienone is 2. The predicted octanol–water partition coefficient (Wildman–Crippen LogP) is 1.29. The SMILES string of the molecule is COC1=C(OC)C(=O)C(Cc2ccc(CCC(=O)N3CCN(CCOCCO)CC3)cc2)=C(C)C1=O. The van der Waals surface area contributed by atoms with Crippen LogP contribution in [0, 0.1) is 0 Å². The van der Waals surface area contributed by atoms with E-state index in [1.54, 1.807) is 6.92 Å². The first-order valence-electron chi connectivity index (χ1n) is 12.3. The molecular formula is C27H36N2O7. The summed E-state index contributed by atoms with van der Waals surface area (Å²) in [4.78, 5) is 42.3. The van der Waals surface area contributed by atoms with Crippen LogP contribution in [0.4, 0.5) is 0 Å². The molecule has 0 atom stereocenters. The number of ketones is 2. The first kappa shape index (κ1) is 27.6. The Morgan fingerprint density at radius 2 is 1.53 bits per heavy atom. The Labute approximate surface area is 212 Å². The number of piperazine rings is 1. The summed E-state index contributed by atoms with van der Waals surface area (Å²) >= 11 is 0. The highest BCUT2D eigenvalue weighted by atomic mass is 16.5. The summed E-state index contributed by atoms with van der Waals surface area (Å²) in [5.74, 6) is -0.643. The maximum atomic E-state index is 12.8. The van der Waals surface area contributed by atoms with Crippen LogP contribution in [0.1, 0.15) is 24.5 Å². The Kier molecular flexibility index (Phi) is 10.2. The molecule has 2 aliphatic rings. The molecule has 1 heterocycles. The van der Waals surface area contributed by atoms with Gasteiger partial charge in [0.15, 0.2) is 0 Å². The number of aliphatic hydroxyl groups excluding tert-OH is 1. The van der Waals surface area contributed by atoms with E-state index >= 15 is 0 Å². The van der Waals surface area contributed by atoms with Crippen molar-refractivity contribution in [2.45, 2.75) is 26.2 Å². The van der Waals surface area contributed by atoms with Crippen LogP contribution in [-0.2, 0) is 41.4 Å². The second kappa shape index (κ2) is 13.3. The van der Waals surface area contributed by atoms with Crippen molar-refractivity contribution in [2.24, 2.45) is 0 Å². The quantitative estimate of drug-likeness (QED) is 0.338. The van der Waals surface area contributed by atoms with E-state index in [0.29, 0.717) is 56.7 Å². The van der Waals surface area contributed by atoms with Gasteiger partial charge in [-0.05, 0) is 24.5 Å². The van der Waals surface area contributed by atoms with Crippen molar-refractivity contribution >= 4 is 17.5 Å². The van der Waals surface area contributed by atoms with E-state index in [1.807, 2.05) is 29.2 Å². The summed E-state index contributed by atoms with van der Waals surface area (Å²) < 4.78 is 15.5. The average molecular weight is 501 g/mol. The zero-order valence-corrected chi connectivity index (χ0v) is 21.4. The van der Waals surface area contributed by atoms with Gasteiger partial charge in [-0.1, -0.05) is 24.3 Å². The zero-order valence-electron chi connectivity index (χ0n) is 21.4. The summed E-state index contributed by atoms with van der Waals surface area (Å²) in [6.07, 6.45) is 1.40. The van der Waals surface area contributed by atoms with Crippen LogP contribution in [-0.4, -0.2) is 99.1 Å². The molecule has 9 heteroatoms. The normalized spacial score (nSPS) is 17.2. The first-order valence-corrected chi connectivity index (χ1v) is 12.3. The van der Waals surface area contributed by atoms with Gasteiger partial charge >= 0.3 is 0 Å². The molecule has 1 aromatic rings. The van der Waals surface area contributed by atoms with Crippen molar-refractivity contribution in [3.63, 3.8) is 0 Å². The van der Waals surface area contributed by atoms with E-state index in [0.717, 1.165) is 30.8 Å². The highest BCUT2D eigenvalue weighted by molar-refractivity contribution is 6.23. The van der Waals surface area contributed by atoms with Crippen LogP contribution in [0.5, 0.6) is 0 Å². The number of Topliss-reactive ketones (excluding diaryl/α,β-unsaturated/α-hetero) is 2. The van der Waals surface area contributed by atoms with Gasteiger partial charge in [0.05, 0.1) is 34.0 Å². The Morgan fingerprint density at radius 1 is 0.917 bits per heavy atom.